The molecule has 0 saturated carbocycles. The topological polar surface area (TPSA) is 153 Å². The first-order chi connectivity index (χ1) is 16.3. The molecule has 35 heavy (non-hydrogen) atoms. The van der Waals surface area contributed by atoms with Gasteiger partial charge in [-0.2, -0.15) is 16.8 Å². The van der Waals surface area contributed by atoms with E-state index in [4.69, 9.17) is 8.37 Å². The Morgan fingerprint density at radius 3 is 1.46 bits per heavy atom. The highest BCUT2D eigenvalue weighted by molar-refractivity contribution is 7.89. The number of sulfonamides is 1. The van der Waals surface area contributed by atoms with Gasteiger partial charge in [-0.3, -0.25) is 0 Å². The van der Waals surface area contributed by atoms with Crippen LogP contribution in [0.3, 0.4) is 0 Å². The smallest absolute Gasteiger partial charge is 0.339 e. The number of rotatable bonds is 10. The Morgan fingerprint density at radius 1 is 0.686 bits per heavy atom. The molecule has 0 spiro atoms. The number of phenols is 1. The molecule has 0 saturated heterocycles. The van der Waals surface area contributed by atoms with Gasteiger partial charge in [0.15, 0.2) is 0 Å². The van der Waals surface area contributed by atoms with Crippen molar-refractivity contribution in [3.8, 4) is 17.2 Å². The monoisotopic (exact) mass is 541 g/mol. The molecule has 10 nitrogen and oxygen atoms in total. The first-order valence-corrected chi connectivity index (χ1v) is 14.5. The lowest BCUT2D eigenvalue weighted by Gasteiger charge is -2.12. The van der Waals surface area contributed by atoms with E-state index in [1.807, 2.05) is 6.92 Å². The Morgan fingerprint density at radius 2 is 1.06 bits per heavy atom. The molecule has 0 aliphatic heterocycles. The molecule has 1 unspecified atom stereocenters. The maximum Gasteiger partial charge on any atom is 0.339 e. The molecule has 13 heteroatoms. The molecule has 0 aromatic heterocycles. The van der Waals surface area contributed by atoms with E-state index in [2.05, 4.69) is 4.72 Å². The highest BCUT2D eigenvalue weighted by atomic mass is 32.2. The lowest BCUT2D eigenvalue weighted by atomic mass is 10.3. The molecule has 0 amide bonds. The van der Waals surface area contributed by atoms with Crippen LogP contribution in [0.25, 0.3) is 0 Å². The fraction of sp³-hybridized carbons (Fsp3) is 0.182. The summed E-state index contributed by atoms with van der Waals surface area (Å²) in [6.45, 7) is 3.56. The number of phenolic OH excluding ortho intramolecular Hbond substituents is 1. The van der Waals surface area contributed by atoms with Gasteiger partial charge in [-0.15, -0.1) is 0 Å². The quantitative estimate of drug-likeness (QED) is 0.369. The van der Waals surface area contributed by atoms with E-state index >= 15 is 0 Å². The molecule has 188 valence electrons. The average Bonchev–Trinajstić information content (AvgIpc) is 2.79. The third-order valence-corrected chi connectivity index (χ3v) is 8.88. The van der Waals surface area contributed by atoms with Crippen molar-refractivity contribution in [3.63, 3.8) is 0 Å². The van der Waals surface area contributed by atoms with Gasteiger partial charge < -0.3 is 13.5 Å². The summed E-state index contributed by atoms with van der Waals surface area (Å²) >= 11 is 0. The third kappa shape index (κ3) is 6.72. The number of hydrogen-bond acceptors (Lipinski definition) is 9. The number of aromatic hydroxyl groups is 1. The highest BCUT2D eigenvalue weighted by Gasteiger charge is 2.21. The fourth-order valence-corrected chi connectivity index (χ4v) is 5.90. The lowest BCUT2D eigenvalue weighted by Crippen LogP contribution is -2.31. The van der Waals surface area contributed by atoms with Crippen molar-refractivity contribution < 1.29 is 38.7 Å². The van der Waals surface area contributed by atoms with E-state index in [9.17, 15) is 30.4 Å². The van der Waals surface area contributed by atoms with Gasteiger partial charge in [-0.05, 0) is 86.1 Å². The van der Waals surface area contributed by atoms with Crippen molar-refractivity contribution in [1.29, 1.82) is 0 Å². The standard InChI is InChI=1S/C22H23NO9S3/c1-3-16(2)23-33(25,26)20-12-6-18(7-13-20)31-35(29,30)22-14-8-19(9-15-22)32-34(27,28)21-10-4-17(24)5-11-21/h4-16,23-24H,3H2,1-2H3. The van der Waals surface area contributed by atoms with Gasteiger partial charge in [-0.25, -0.2) is 13.1 Å². The fourth-order valence-electron chi connectivity index (χ4n) is 2.71. The van der Waals surface area contributed by atoms with Crippen molar-refractivity contribution in [3.05, 3.63) is 72.8 Å². The molecule has 2 N–H and O–H groups in total. The zero-order valence-electron chi connectivity index (χ0n) is 18.7. The second-order valence-corrected chi connectivity index (χ2v) is 12.2. The minimum absolute atomic E-state index is 0.0427. The molecule has 3 rings (SSSR count). The molecule has 0 aliphatic carbocycles. The van der Waals surface area contributed by atoms with Crippen LogP contribution in [0.15, 0.2) is 87.5 Å². The van der Waals surface area contributed by atoms with Crippen molar-refractivity contribution >= 4 is 30.3 Å². The van der Waals surface area contributed by atoms with E-state index < -0.39 is 30.3 Å². The molecule has 0 bridgehead atoms. The summed E-state index contributed by atoms with van der Waals surface area (Å²) in [5, 5.41) is 9.28. The summed E-state index contributed by atoms with van der Waals surface area (Å²) in [6.07, 6.45) is 0.602. The van der Waals surface area contributed by atoms with Crippen molar-refractivity contribution in [2.75, 3.05) is 0 Å². The summed E-state index contributed by atoms with van der Waals surface area (Å²) < 4.78 is 87.0. The summed E-state index contributed by atoms with van der Waals surface area (Å²) in [6, 6.07) is 13.8. The molecule has 3 aromatic carbocycles. The van der Waals surface area contributed by atoms with Crippen LogP contribution >= 0.6 is 0 Å². The zero-order chi connectivity index (χ0) is 25.9. The molecule has 3 aromatic rings. The van der Waals surface area contributed by atoms with Crippen LogP contribution in [0.2, 0.25) is 0 Å². The minimum atomic E-state index is -4.30. The Bertz CT molecular complexity index is 1480. The van der Waals surface area contributed by atoms with Crippen LogP contribution in [0.4, 0.5) is 0 Å². The van der Waals surface area contributed by atoms with Crippen LogP contribution in [-0.2, 0) is 30.3 Å². The van der Waals surface area contributed by atoms with Crippen LogP contribution < -0.4 is 13.1 Å². The molecular weight excluding hydrogens is 518 g/mol. The molecule has 0 fully saturated rings. The summed E-state index contributed by atoms with van der Waals surface area (Å²) in [5.41, 5.74) is 0. The van der Waals surface area contributed by atoms with Gasteiger partial charge >= 0.3 is 20.2 Å². The Labute approximate surface area is 204 Å². The first kappa shape index (κ1) is 26.5. The summed E-state index contributed by atoms with van der Waals surface area (Å²) in [4.78, 5) is -0.513. The van der Waals surface area contributed by atoms with Gasteiger partial charge in [0.2, 0.25) is 10.0 Å². The maximum atomic E-state index is 12.6. The van der Waals surface area contributed by atoms with Crippen molar-refractivity contribution in [2.24, 2.45) is 0 Å². The van der Waals surface area contributed by atoms with E-state index in [0.29, 0.717) is 6.42 Å². The molecular formula is C22H23NO9S3. The van der Waals surface area contributed by atoms with E-state index in [0.717, 1.165) is 36.4 Å². The van der Waals surface area contributed by atoms with Gasteiger partial charge in [0.05, 0.1) is 4.90 Å². The minimum Gasteiger partial charge on any atom is -0.508 e. The number of nitrogens with one attached hydrogen (secondary N) is 1. The lowest BCUT2D eigenvalue weighted by molar-refractivity contribution is 0.473. The SMILES string of the molecule is CCC(C)NS(=O)(=O)c1ccc(OS(=O)(=O)c2ccc(OS(=O)(=O)c3ccc(O)cc3)cc2)cc1. The van der Waals surface area contributed by atoms with Crippen molar-refractivity contribution in [1.82, 2.24) is 4.72 Å². The molecule has 0 radical (unpaired) electrons. The number of benzene rings is 3. The Hall–Kier alpha value is -3.13. The predicted molar refractivity (Wildman–Crippen MR) is 127 cm³/mol. The Balaban J connectivity index is 1.72. The summed E-state index contributed by atoms with van der Waals surface area (Å²) in [5.74, 6) is -0.361. The second kappa shape index (κ2) is 10.2. The van der Waals surface area contributed by atoms with E-state index in [1.54, 1.807) is 6.92 Å². The van der Waals surface area contributed by atoms with Crippen LogP contribution in [-0.4, -0.2) is 36.4 Å². The van der Waals surface area contributed by atoms with E-state index in [1.165, 1.54) is 36.4 Å². The van der Waals surface area contributed by atoms with E-state index in [-0.39, 0.29) is 38.0 Å². The van der Waals surface area contributed by atoms with Gasteiger partial charge in [0.25, 0.3) is 0 Å². The number of hydrogen-bond donors (Lipinski definition) is 2. The summed E-state index contributed by atoms with van der Waals surface area (Å²) in [7, 11) is -12.3. The van der Waals surface area contributed by atoms with Gasteiger partial charge in [-0.1, -0.05) is 6.92 Å². The second-order valence-electron chi connectivity index (χ2n) is 7.44. The van der Waals surface area contributed by atoms with Crippen LogP contribution in [0.1, 0.15) is 20.3 Å². The third-order valence-electron chi connectivity index (χ3n) is 4.75. The Kier molecular flexibility index (Phi) is 7.74. The molecule has 0 aliphatic rings. The maximum absolute atomic E-state index is 12.6. The highest BCUT2D eigenvalue weighted by Crippen LogP contribution is 2.25. The molecule has 1 atom stereocenters. The zero-order valence-corrected chi connectivity index (χ0v) is 21.1. The van der Waals surface area contributed by atoms with Gasteiger partial charge in [0, 0.05) is 6.04 Å². The normalized spacial score (nSPS) is 13.2. The largest absolute Gasteiger partial charge is 0.508 e. The van der Waals surface area contributed by atoms with Crippen molar-refractivity contribution in [2.45, 2.75) is 41.0 Å². The predicted octanol–water partition coefficient (Wildman–Crippen LogP) is 3.00. The van der Waals surface area contributed by atoms with Crippen LogP contribution in [0, 0.1) is 0 Å². The first-order valence-electron chi connectivity index (χ1n) is 10.2. The van der Waals surface area contributed by atoms with Crippen LogP contribution in [0.5, 0.6) is 17.2 Å². The van der Waals surface area contributed by atoms with Gasteiger partial charge in [0.1, 0.15) is 27.0 Å². The molecule has 0 heterocycles. The average molecular weight is 542 g/mol.